The van der Waals surface area contributed by atoms with E-state index in [1.807, 2.05) is 19.1 Å². The van der Waals surface area contributed by atoms with Gasteiger partial charge in [-0.25, -0.2) is 4.79 Å². The first kappa shape index (κ1) is 25.4. The van der Waals surface area contributed by atoms with Crippen LogP contribution >= 0.6 is 0 Å². The maximum absolute atomic E-state index is 13.0. The molecule has 8 heteroatoms. The molecule has 1 unspecified atom stereocenters. The Balaban J connectivity index is 1.63. The molecule has 0 saturated heterocycles. The number of hydrogen-bond acceptors (Lipinski definition) is 7. The summed E-state index contributed by atoms with van der Waals surface area (Å²) in [4.78, 5) is 29.8. The lowest BCUT2D eigenvalue weighted by Crippen LogP contribution is -2.14. The van der Waals surface area contributed by atoms with Gasteiger partial charge >= 0.3 is 5.97 Å². The number of ether oxygens (including phenoxy) is 3. The number of pyridine rings is 1. The van der Waals surface area contributed by atoms with Gasteiger partial charge < -0.3 is 25.3 Å². The SMILES string of the molecule is COc1ccc(OC(=O)c2cccc(-c3cc(C(=O)Nc4ccncc4)ccc3C(C)N)c2)cc1OC. The maximum Gasteiger partial charge on any atom is 0.343 e. The average molecular weight is 498 g/mol. The molecule has 8 nitrogen and oxygen atoms in total. The van der Waals surface area contributed by atoms with E-state index in [1.54, 1.807) is 73.1 Å². The van der Waals surface area contributed by atoms with E-state index in [0.717, 1.165) is 16.7 Å². The summed E-state index contributed by atoms with van der Waals surface area (Å²) in [5.74, 6) is 0.486. The number of nitrogens with two attached hydrogens (primary N) is 1. The van der Waals surface area contributed by atoms with Gasteiger partial charge in [-0.1, -0.05) is 18.2 Å². The van der Waals surface area contributed by atoms with Crippen LogP contribution in [0.5, 0.6) is 17.2 Å². The Labute approximate surface area is 215 Å². The summed E-state index contributed by atoms with van der Waals surface area (Å²) in [7, 11) is 3.04. The number of amides is 1. The number of methoxy groups -OCH3 is 2. The molecular formula is C29H27N3O5. The Hall–Kier alpha value is -4.69. The van der Waals surface area contributed by atoms with Gasteiger partial charge in [0.05, 0.1) is 19.8 Å². The molecule has 1 atom stereocenters. The minimum Gasteiger partial charge on any atom is -0.493 e. The summed E-state index contributed by atoms with van der Waals surface area (Å²) >= 11 is 0. The normalized spacial score (nSPS) is 11.4. The Morgan fingerprint density at radius 1 is 0.865 bits per heavy atom. The highest BCUT2D eigenvalue weighted by molar-refractivity contribution is 6.05. The number of benzene rings is 3. The van der Waals surface area contributed by atoms with Crippen LogP contribution in [0.25, 0.3) is 11.1 Å². The summed E-state index contributed by atoms with van der Waals surface area (Å²) in [6.07, 6.45) is 3.21. The van der Waals surface area contributed by atoms with Crippen LogP contribution in [0.3, 0.4) is 0 Å². The fourth-order valence-electron chi connectivity index (χ4n) is 3.84. The number of carbonyl (C=O) groups is 2. The molecule has 0 radical (unpaired) electrons. The van der Waals surface area contributed by atoms with E-state index in [4.69, 9.17) is 19.9 Å². The number of rotatable bonds is 8. The van der Waals surface area contributed by atoms with Crippen LogP contribution in [0.2, 0.25) is 0 Å². The standard InChI is InChI=1S/C29H27N3O5/c1-18(30)24-9-7-20(28(33)32-22-11-13-31-14-12-22)16-25(24)19-5-4-6-21(15-19)29(34)37-23-8-10-26(35-2)27(17-23)36-3/h4-18H,30H2,1-3H3,(H,31,32,33). The first-order valence-corrected chi connectivity index (χ1v) is 11.5. The monoisotopic (exact) mass is 497 g/mol. The summed E-state index contributed by atoms with van der Waals surface area (Å²) < 4.78 is 16.1. The molecule has 188 valence electrons. The molecular weight excluding hydrogens is 470 g/mol. The van der Waals surface area contributed by atoms with E-state index in [0.29, 0.717) is 34.1 Å². The van der Waals surface area contributed by atoms with E-state index in [-0.39, 0.29) is 11.9 Å². The Morgan fingerprint density at radius 3 is 2.32 bits per heavy atom. The second kappa shape index (κ2) is 11.4. The van der Waals surface area contributed by atoms with Gasteiger partial charge in [-0.05, 0) is 72.1 Å². The zero-order valence-corrected chi connectivity index (χ0v) is 20.7. The number of nitrogens with one attached hydrogen (secondary N) is 1. The number of nitrogens with zero attached hydrogens (tertiary/aromatic N) is 1. The van der Waals surface area contributed by atoms with Crippen LogP contribution in [0.1, 0.15) is 39.2 Å². The van der Waals surface area contributed by atoms with Gasteiger partial charge in [0.25, 0.3) is 5.91 Å². The predicted octanol–water partition coefficient (Wildman–Crippen LogP) is 5.26. The topological polar surface area (TPSA) is 113 Å². The highest BCUT2D eigenvalue weighted by Gasteiger charge is 2.17. The van der Waals surface area contributed by atoms with Crippen LogP contribution in [0.4, 0.5) is 5.69 Å². The summed E-state index contributed by atoms with van der Waals surface area (Å²) in [5.41, 5.74) is 9.98. The maximum atomic E-state index is 13.0. The lowest BCUT2D eigenvalue weighted by Gasteiger charge is -2.16. The molecule has 0 spiro atoms. The van der Waals surface area contributed by atoms with Crippen LogP contribution in [-0.4, -0.2) is 31.1 Å². The molecule has 0 aliphatic rings. The summed E-state index contributed by atoms with van der Waals surface area (Å²) in [6.45, 7) is 1.87. The number of carbonyl (C=O) groups excluding carboxylic acids is 2. The fourth-order valence-corrected chi connectivity index (χ4v) is 3.84. The number of aromatic nitrogens is 1. The minimum atomic E-state index is -0.539. The van der Waals surface area contributed by atoms with Crippen molar-refractivity contribution in [3.63, 3.8) is 0 Å². The first-order valence-electron chi connectivity index (χ1n) is 11.5. The van der Waals surface area contributed by atoms with Crippen molar-refractivity contribution in [1.29, 1.82) is 0 Å². The molecule has 0 saturated carbocycles. The van der Waals surface area contributed by atoms with E-state index in [1.165, 1.54) is 14.2 Å². The molecule has 0 aliphatic carbocycles. The molecule has 4 rings (SSSR count). The molecule has 0 fully saturated rings. The van der Waals surface area contributed by atoms with Gasteiger partial charge in [-0.15, -0.1) is 0 Å². The molecule has 1 aromatic heterocycles. The molecule has 37 heavy (non-hydrogen) atoms. The third kappa shape index (κ3) is 5.94. The Morgan fingerprint density at radius 2 is 1.62 bits per heavy atom. The first-order chi connectivity index (χ1) is 17.9. The molecule has 3 aromatic carbocycles. The number of hydrogen-bond donors (Lipinski definition) is 2. The van der Waals surface area contributed by atoms with Crippen molar-refractivity contribution in [2.45, 2.75) is 13.0 Å². The van der Waals surface area contributed by atoms with Gasteiger partial charge in [0.2, 0.25) is 0 Å². The van der Waals surface area contributed by atoms with Crippen molar-refractivity contribution >= 4 is 17.6 Å². The Kier molecular flexibility index (Phi) is 7.80. The van der Waals surface area contributed by atoms with Crippen molar-refractivity contribution < 1.29 is 23.8 Å². The second-order valence-electron chi connectivity index (χ2n) is 8.27. The Bertz CT molecular complexity index is 1420. The summed E-state index contributed by atoms with van der Waals surface area (Å²) in [6, 6.07) is 20.3. The van der Waals surface area contributed by atoms with Crippen LogP contribution in [0.15, 0.2) is 85.2 Å². The van der Waals surface area contributed by atoms with Gasteiger partial charge in [-0.2, -0.15) is 0 Å². The van der Waals surface area contributed by atoms with Crippen LogP contribution in [-0.2, 0) is 0 Å². The molecule has 1 heterocycles. The molecule has 4 aromatic rings. The van der Waals surface area contributed by atoms with E-state index < -0.39 is 5.97 Å². The van der Waals surface area contributed by atoms with Crippen molar-refractivity contribution in [3.8, 4) is 28.4 Å². The van der Waals surface area contributed by atoms with Crippen LogP contribution < -0.4 is 25.3 Å². The zero-order chi connectivity index (χ0) is 26.4. The minimum absolute atomic E-state index is 0.271. The molecule has 0 bridgehead atoms. The van der Waals surface area contributed by atoms with Crippen molar-refractivity contribution in [1.82, 2.24) is 4.98 Å². The highest BCUT2D eigenvalue weighted by Crippen LogP contribution is 2.32. The van der Waals surface area contributed by atoms with E-state index in [9.17, 15) is 9.59 Å². The molecule has 3 N–H and O–H groups in total. The van der Waals surface area contributed by atoms with Crippen LogP contribution in [0, 0.1) is 0 Å². The third-order valence-electron chi connectivity index (χ3n) is 5.72. The lowest BCUT2D eigenvalue weighted by atomic mass is 9.92. The van der Waals surface area contributed by atoms with Crippen molar-refractivity contribution in [3.05, 3.63) is 102 Å². The van der Waals surface area contributed by atoms with Gasteiger partial charge in [-0.3, -0.25) is 9.78 Å². The lowest BCUT2D eigenvalue weighted by molar-refractivity contribution is 0.0734. The number of anilines is 1. The predicted molar refractivity (Wildman–Crippen MR) is 141 cm³/mol. The van der Waals surface area contributed by atoms with Gasteiger partial charge in [0, 0.05) is 35.8 Å². The highest BCUT2D eigenvalue weighted by atomic mass is 16.5. The van der Waals surface area contributed by atoms with Gasteiger partial charge in [0.1, 0.15) is 5.75 Å². The average Bonchev–Trinajstić information content (AvgIpc) is 2.93. The largest absolute Gasteiger partial charge is 0.493 e. The number of esters is 1. The van der Waals surface area contributed by atoms with E-state index in [2.05, 4.69) is 10.3 Å². The van der Waals surface area contributed by atoms with Crippen molar-refractivity contribution in [2.75, 3.05) is 19.5 Å². The van der Waals surface area contributed by atoms with Gasteiger partial charge in [0.15, 0.2) is 11.5 Å². The summed E-state index contributed by atoms with van der Waals surface area (Å²) in [5, 5.41) is 2.86. The molecule has 1 amide bonds. The smallest absolute Gasteiger partial charge is 0.343 e. The van der Waals surface area contributed by atoms with E-state index >= 15 is 0 Å². The zero-order valence-electron chi connectivity index (χ0n) is 20.7. The molecule has 0 aliphatic heterocycles. The van der Waals surface area contributed by atoms with Crippen molar-refractivity contribution in [2.24, 2.45) is 5.73 Å². The third-order valence-corrected chi connectivity index (χ3v) is 5.72. The quantitative estimate of drug-likeness (QED) is 0.252. The fraction of sp³-hybridized carbons (Fsp3) is 0.138. The second-order valence-corrected chi connectivity index (χ2v) is 8.27.